The van der Waals surface area contributed by atoms with E-state index in [-0.39, 0.29) is 17.2 Å². The Morgan fingerprint density at radius 3 is 2.77 bits per heavy atom. The monoisotopic (exact) mass is 455 g/mol. The Kier molecular flexibility index (Phi) is 5.94. The van der Waals surface area contributed by atoms with Crippen LogP contribution in [0, 0.1) is 13.8 Å². The fourth-order valence-corrected chi connectivity index (χ4v) is 4.88. The molecule has 152 valence electrons. The zero-order chi connectivity index (χ0) is 21.3. The first-order valence-electron chi connectivity index (χ1n) is 9.19. The Hall–Kier alpha value is -2.61. The van der Waals surface area contributed by atoms with Gasteiger partial charge in [0, 0.05) is 0 Å². The number of nitrogens with one attached hydrogen (secondary N) is 1. The molecule has 8 heteroatoms. The van der Waals surface area contributed by atoms with Crippen LogP contribution in [0.15, 0.2) is 63.9 Å². The van der Waals surface area contributed by atoms with Gasteiger partial charge in [-0.25, -0.2) is 4.98 Å². The molecule has 0 saturated carbocycles. The number of aromatic nitrogens is 2. The zero-order valence-electron chi connectivity index (χ0n) is 16.3. The highest BCUT2D eigenvalue weighted by Gasteiger charge is 2.17. The molecule has 0 aliphatic heterocycles. The van der Waals surface area contributed by atoms with Crippen LogP contribution in [0.1, 0.15) is 11.1 Å². The van der Waals surface area contributed by atoms with Gasteiger partial charge in [-0.1, -0.05) is 53.2 Å². The predicted octanol–water partition coefficient (Wildman–Crippen LogP) is 5.45. The van der Waals surface area contributed by atoms with E-state index in [2.05, 4.69) is 10.3 Å². The molecule has 0 aliphatic carbocycles. The summed E-state index contributed by atoms with van der Waals surface area (Å²) in [6.45, 7) is 3.97. The van der Waals surface area contributed by atoms with Gasteiger partial charge in [0.1, 0.15) is 4.70 Å². The van der Waals surface area contributed by atoms with Crippen LogP contribution in [0.25, 0.3) is 15.9 Å². The maximum atomic E-state index is 13.2. The number of rotatable bonds is 5. The van der Waals surface area contributed by atoms with Crippen LogP contribution in [0.4, 0.5) is 5.69 Å². The summed E-state index contributed by atoms with van der Waals surface area (Å²) in [4.78, 5) is 30.4. The van der Waals surface area contributed by atoms with Crippen molar-refractivity contribution in [2.45, 2.75) is 19.0 Å². The molecule has 2 aromatic carbocycles. The SMILES string of the molecule is Cc1ccc(-n2c(SCC(=O)Nc3ccccc3Cl)nc3ccsc3c2=O)c(C)c1. The number of carbonyl (C=O) groups excluding carboxylic acids is 1. The molecule has 1 N–H and O–H groups in total. The van der Waals surface area contributed by atoms with Crippen molar-refractivity contribution in [3.05, 3.63) is 80.4 Å². The molecule has 4 aromatic rings. The number of carbonyl (C=O) groups is 1. The van der Waals surface area contributed by atoms with Gasteiger partial charge in [0.15, 0.2) is 5.16 Å². The fraction of sp³-hybridized carbons (Fsp3) is 0.136. The first kappa shape index (κ1) is 20.7. The molecule has 0 aliphatic rings. The summed E-state index contributed by atoms with van der Waals surface area (Å²) in [5, 5.41) is 5.60. The molecular formula is C22H18ClN3O2S2. The first-order chi connectivity index (χ1) is 14.4. The van der Waals surface area contributed by atoms with E-state index >= 15 is 0 Å². The van der Waals surface area contributed by atoms with Crippen molar-refractivity contribution in [2.75, 3.05) is 11.1 Å². The van der Waals surface area contributed by atoms with Crippen LogP contribution in [-0.2, 0) is 4.79 Å². The van der Waals surface area contributed by atoms with Gasteiger partial charge >= 0.3 is 0 Å². The molecule has 2 aromatic heterocycles. The second-order valence-corrected chi connectivity index (χ2v) is 9.04. The van der Waals surface area contributed by atoms with Gasteiger partial charge in [0.05, 0.1) is 27.7 Å². The number of benzene rings is 2. The van der Waals surface area contributed by atoms with Gasteiger partial charge in [-0.2, -0.15) is 0 Å². The molecule has 4 rings (SSSR count). The highest BCUT2D eigenvalue weighted by atomic mass is 35.5. The van der Waals surface area contributed by atoms with Crippen molar-refractivity contribution >= 4 is 56.5 Å². The summed E-state index contributed by atoms with van der Waals surface area (Å²) in [7, 11) is 0. The third kappa shape index (κ3) is 4.14. The molecule has 0 unspecified atom stereocenters. The Bertz CT molecular complexity index is 1310. The van der Waals surface area contributed by atoms with Crippen LogP contribution >= 0.6 is 34.7 Å². The Labute approximate surface area is 186 Å². The predicted molar refractivity (Wildman–Crippen MR) is 125 cm³/mol. The van der Waals surface area contributed by atoms with Crippen LogP contribution in [0.2, 0.25) is 5.02 Å². The molecule has 0 atom stereocenters. The molecular weight excluding hydrogens is 438 g/mol. The number of fused-ring (bicyclic) bond motifs is 1. The van der Waals surface area contributed by atoms with Crippen LogP contribution < -0.4 is 10.9 Å². The van der Waals surface area contributed by atoms with Gasteiger partial charge in [-0.15, -0.1) is 11.3 Å². The third-order valence-corrected chi connectivity index (χ3v) is 6.68. The smallest absolute Gasteiger partial charge is 0.276 e. The van der Waals surface area contributed by atoms with E-state index in [1.54, 1.807) is 28.8 Å². The number of nitrogens with zero attached hydrogens (tertiary/aromatic N) is 2. The highest BCUT2D eigenvalue weighted by molar-refractivity contribution is 7.99. The number of amides is 1. The standard InChI is InChI=1S/C22H18ClN3O2S2/c1-13-7-8-18(14(2)11-13)26-21(28)20-17(9-10-29-20)25-22(26)30-12-19(27)24-16-6-4-3-5-15(16)23/h3-11H,12H2,1-2H3,(H,24,27). The van der Waals surface area contributed by atoms with E-state index in [0.29, 0.717) is 26.1 Å². The van der Waals surface area contributed by atoms with Crippen molar-refractivity contribution in [1.29, 1.82) is 0 Å². The number of thioether (sulfide) groups is 1. The minimum absolute atomic E-state index is 0.0955. The van der Waals surface area contributed by atoms with Gasteiger partial charge in [-0.3, -0.25) is 14.2 Å². The minimum atomic E-state index is -0.222. The first-order valence-corrected chi connectivity index (χ1v) is 11.4. The lowest BCUT2D eigenvalue weighted by Crippen LogP contribution is -2.23. The van der Waals surface area contributed by atoms with E-state index in [0.717, 1.165) is 16.8 Å². The summed E-state index contributed by atoms with van der Waals surface area (Å²) in [6, 6.07) is 14.8. The number of hydrogen-bond acceptors (Lipinski definition) is 5. The number of anilines is 1. The molecule has 0 spiro atoms. The van der Waals surface area contributed by atoms with E-state index in [1.165, 1.54) is 23.1 Å². The number of thiophene rings is 1. The lowest BCUT2D eigenvalue weighted by atomic mass is 10.1. The molecule has 30 heavy (non-hydrogen) atoms. The summed E-state index contributed by atoms with van der Waals surface area (Å²) < 4.78 is 2.20. The van der Waals surface area contributed by atoms with Crippen molar-refractivity contribution in [2.24, 2.45) is 0 Å². The molecule has 0 radical (unpaired) electrons. The molecule has 0 fully saturated rings. The summed E-state index contributed by atoms with van der Waals surface area (Å²) >= 11 is 8.71. The van der Waals surface area contributed by atoms with Gasteiger partial charge in [-0.05, 0) is 49.1 Å². The summed E-state index contributed by atoms with van der Waals surface area (Å²) in [5.41, 5.74) is 3.91. The molecule has 2 heterocycles. The molecule has 1 amide bonds. The van der Waals surface area contributed by atoms with Crippen molar-refractivity contribution in [1.82, 2.24) is 9.55 Å². The highest BCUT2D eigenvalue weighted by Crippen LogP contribution is 2.26. The van der Waals surface area contributed by atoms with E-state index in [4.69, 9.17) is 11.6 Å². The Balaban J connectivity index is 1.69. The number of halogens is 1. The van der Waals surface area contributed by atoms with Crippen molar-refractivity contribution in [3.63, 3.8) is 0 Å². The minimum Gasteiger partial charge on any atom is -0.324 e. The maximum Gasteiger partial charge on any atom is 0.276 e. The molecule has 0 saturated heterocycles. The average Bonchev–Trinajstić information content (AvgIpc) is 3.18. The lowest BCUT2D eigenvalue weighted by molar-refractivity contribution is -0.113. The lowest BCUT2D eigenvalue weighted by Gasteiger charge is -2.15. The van der Waals surface area contributed by atoms with Crippen molar-refractivity contribution < 1.29 is 4.79 Å². The van der Waals surface area contributed by atoms with Crippen LogP contribution in [0.3, 0.4) is 0 Å². The average molecular weight is 456 g/mol. The second kappa shape index (κ2) is 8.63. The molecule has 5 nitrogen and oxygen atoms in total. The van der Waals surface area contributed by atoms with E-state index < -0.39 is 0 Å². The number of hydrogen-bond donors (Lipinski definition) is 1. The van der Waals surface area contributed by atoms with Crippen LogP contribution in [-0.4, -0.2) is 21.2 Å². The normalized spacial score (nSPS) is 11.0. The Morgan fingerprint density at radius 2 is 2.00 bits per heavy atom. The summed E-state index contributed by atoms with van der Waals surface area (Å²) in [6.07, 6.45) is 0. The van der Waals surface area contributed by atoms with Gasteiger partial charge in [0.2, 0.25) is 5.91 Å². The maximum absolute atomic E-state index is 13.2. The third-order valence-electron chi connectivity index (χ3n) is 4.52. The summed E-state index contributed by atoms with van der Waals surface area (Å²) in [5.74, 6) is -0.127. The number of aryl methyl sites for hydroxylation is 2. The van der Waals surface area contributed by atoms with E-state index in [9.17, 15) is 9.59 Å². The van der Waals surface area contributed by atoms with E-state index in [1.807, 2.05) is 43.5 Å². The largest absolute Gasteiger partial charge is 0.324 e. The van der Waals surface area contributed by atoms with Gasteiger partial charge < -0.3 is 5.32 Å². The second-order valence-electron chi connectivity index (χ2n) is 6.78. The zero-order valence-corrected chi connectivity index (χ0v) is 18.7. The number of para-hydroxylation sites is 1. The topological polar surface area (TPSA) is 64.0 Å². The quantitative estimate of drug-likeness (QED) is 0.321. The molecule has 0 bridgehead atoms. The van der Waals surface area contributed by atoms with Crippen LogP contribution in [0.5, 0.6) is 0 Å². The van der Waals surface area contributed by atoms with Gasteiger partial charge in [0.25, 0.3) is 5.56 Å². The Morgan fingerprint density at radius 1 is 1.20 bits per heavy atom. The fourth-order valence-electron chi connectivity index (χ4n) is 3.14. The van der Waals surface area contributed by atoms with Crippen molar-refractivity contribution in [3.8, 4) is 5.69 Å².